The lowest BCUT2D eigenvalue weighted by atomic mass is 9.79. The molecule has 0 atom stereocenters. The number of benzene rings is 8. The highest BCUT2D eigenvalue weighted by atomic mass is 16.6. The summed E-state index contributed by atoms with van der Waals surface area (Å²) in [5, 5.41) is 78.4. The minimum Gasteiger partial charge on any atom is -0.507 e. The maximum Gasteiger partial charge on any atom is 0.344 e. The molecule has 0 amide bonds. The van der Waals surface area contributed by atoms with Gasteiger partial charge in [-0.05, 0) is 177 Å². The van der Waals surface area contributed by atoms with Crippen LogP contribution in [0.25, 0.3) is 0 Å². The van der Waals surface area contributed by atoms with Gasteiger partial charge in [0.25, 0.3) is 0 Å². The molecule has 1 aliphatic heterocycles. The van der Waals surface area contributed by atoms with Gasteiger partial charge in [0, 0.05) is 51.4 Å². The van der Waals surface area contributed by atoms with Crippen LogP contribution in [0.2, 0.25) is 0 Å². The van der Waals surface area contributed by atoms with Gasteiger partial charge in [-0.1, -0.05) is 263 Å². The van der Waals surface area contributed by atoms with Crippen LogP contribution in [-0.2, 0) is 123 Å². The molecule has 0 radical (unpaired) electrons. The zero-order valence-electron chi connectivity index (χ0n) is 71.5. The summed E-state index contributed by atoms with van der Waals surface area (Å²) in [4.78, 5) is 28.2. The number of phenolic OH excluding ortho intramolecular Hbond substituents is 6. The van der Waals surface area contributed by atoms with Gasteiger partial charge in [0.05, 0.1) is 26.4 Å². The van der Waals surface area contributed by atoms with Crippen molar-refractivity contribution in [2.75, 3.05) is 52.9 Å². The molecule has 0 saturated heterocycles. The van der Waals surface area contributed by atoms with Crippen LogP contribution >= 0.6 is 0 Å². The maximum absolute atomic E-state index is 14.1. The summed E-state index contributed by atoms with van der Waals surface area (Å²) in [5.74, 6) is -0.266. The molecule has 2 aliphatic rings. The molecule has 6 N–H and O–H groups in total. The van der Waals surface area contributed by atoms with E-state index in [0.29, 0.717) is 101 Å². The molecule has 8 aromatic rings. The number of esters is 2. The molecule has 602 valence electrons. The Balaban J connectivity index is 1.30. The smallest absolute Gasteiger partial charge is 0.344 e. The third-order valence-corrected chi connectivity index (χ3v) is 22.1. The zero-order chi connectivity index (χ0) is 82.5. The summed E-state index contributed by atoms with van der Waals surface area (Å²) in [5.41, 5.74) is 13.8. The first-order valence-electron chi connectivity index (χ1n) is 40.0. The Bertz CT molecular complexity index is 4530. The monoisotopic (exact) mass is 1530 g/mol. The third-order valence-electron chi connectivity index (χ3n) is 22.1. The first-order valence-corrected chi connectivity index (χ1v) is 40.0. The summed E-state index contributed by atoms with van der Waals surface area (Å²) >= 11 is 0. The minimum atomic E-state index is -0.623. The fraction of sp³-hybridized carbons (Fsp3) is 0.490. The predicted molar refractivity (Wildman–Crippen MR) is 448 cm³/mol. The zero-order valence-corrected chi connectivity index (χ0v) is 71.5. The van der Waals surface area contributed by atoms with Crippen LogP contribution in [0.4, 0.5) is 0 Å². The molecule has 18 bridgehead atoms. The van der Waals surface area contributed by atoms with Gasteiger partial charge >= 0.3 is 11.9 Å². The Morgan fingerprint density at radius 2 is 0.339 bits per heavy atom. The van der Waals surface area contributed by atoms with Crippen molar-refractivity contribution in [1.82, 2.24) is 0 Å². The summed E-state index contributed by atoms with van der Waals surface area (Å²) in [7, 11) is 0. The highest BCUT2D eigenvalue weighted by molar-refractivity contribution is 5.72. The molecule has 10 rings (SSSR count). The van der Waals surface area contributed by atoms with Crippen LogP contribution in [0, 0.1) is 0 Å². The van der Waals surface area contributed by atoms with E-state index in [9.17, 15) is 40.2 Å². The SMILES string of the molecule is CC(C)(C)c1cc2c(O)c(c1)Cc1cc(C(C)(C)C)cc(c1O)Cc1cc(C(C)(C)C)cc(c1O)Cc1cc(C(C)(C)C)cc3c1OCC(=O)OCCOCCOCCOC(=O)COc1c(cc(C(C)(C)C)cc1C3)Cc1cc(C(C)(C)C)cc(c1O)Cc1cc(C(C)(C)C)cc(c1O)Cc1cc(C(C)(C)C)cc(c1O)C2. The largest absolute Gasteiger partial charge is 0.507 e. The first-order chi connectivity index (χ1) is 51.8. The summed E-state index contributed by atoms with van der Waals surface area (Å²) in [6, 6.07) is 32.7. The topological polar surface area (TPSA) is 211 Å². The third kappa shape index (κ3) is 20.5. The van der Waals surface area contributed by atoms with Crippen LogP contribution in [0.15, 0.2) is 97.1 Å². The highest BCUT2D eigenvalue weighted by Crippen LogP contribution is 2.48. The molecule has 112 heavy (non-hydrogen) atoms. The van der Waals surface area contributed by atoms with E-state index >= 15 is 0 Å². The van der Waals surface area contributed by atoms with Crippen LogP contribution < -0.4 is 9.47 Å². The number of cyclic esters (lactones) is 2. The lowest BCUT2D eigenvalue weighted by molar-refractivity contribution is -0.149. The number of aromatic hydroxyl groups is 6. The summed E-state index contributed by atoms with van der Waals surface area (Å²) in [6.07, 6.45) is 1.06. The fourth-order valence-electron chi connectivity index (χ4n) is 14.8. The Morgan fingerprint density at radius 3 is 0.500 bits per heavy atom. The van der Waals surface area contributed by atoms with Crippen LogP contribution in [-0.4, -0.2) is 95.4 Å². The first kappa shape index (κ1) is 85.4. The average Bonchev–Trinajstić information content (AvgIpc) is 0.772. The lowest BCUT2D eigenvalue weighted by Crippen LogP contribution is -2.20. The molecule has 0 fully saturated rings. The molecule has 14 nitrogen and oxygen atoms in total. The van der Waals surface area contributed by atoms with E-state index in [2.05, 4.69) is 190 Å². The number of fused-ring (bicyclic) bond motifs is 12. The molecular formula is C98H126O14. The Morgan fingerprint density at radius 1 is 0.205 bits per heavy atom. The molecule has 0 spiro atoms. The van der Waals surface area contributed by atoms with E-state index in [1.165, 1.54) is 0 Å². The number of ether oxygens (including phenoxy) is 6. The molecule has 0 saturated carbocycles. The number of hydrogen-bond donors (Lipinski definition) is 6. The maximum atomic E-state index is 14.1. The van der Waals surface area contributed by atoms with Crippen molar-refractivity contribution < 1.29 is 68.6 Å². The van der Waals surface area contributed by atoms with Crippen LogP contribution in [0.5, 0.6) is 46.0 Å². The number of phenols is 6. The van der Waals surface area contributed by atoms with Crippen LogP contribution in [0.1, 0.15) is 300 Å². The standard InChI is InChI=1S/C98H126O14/c1-91(2,3)73-39-57-31-58-40-74(92(4,5)6)42-60(84(58)102)33-62-44-76(94(10,11)12)46-64(86(62)104)35-66-48-78(96(16,17)18)50-68(88(66)106)37-70-52-80(98(22,23)24)54-72-38-71-53-79(97(19,20)21)51-69(89(71)111-55-81(99)109-29-27-107-25-26-108-28-30-110-82(100)56-112-90(70)72)36-67-49-77(95(13,14)15)47-65(87(67)105)34-63-45-75(93(7,8)9)43-61(85(63)103)32-59(41-73)83(57)101/h39-54,101-106H,25-38,55-56H2,1-24H3. The second-order valence-electron chi connectivity index (χ2n) is 39.8. The van der Waals surface area contributed by atoms with Crippen molar-refractivity contribution in [2.45, 2.75) is 261 Å². The lowest BCUT2D eigenvalue weighted by Gasteiger charge is -2.28. The van der Waals surface area contributed by atoms with Gasteiger partial charge in [-0.15, -0.1) is 0 Å². The van der Waals surface area contributed by atoms with Gasteiger partial charge in [0.1, 0.15) is 59.2 Å². The van der Waals surface area contributed by atoms with Crippen LogP contribution in [0.3, 0.4) is 0 Å². The van der Waals surface area contributed by atoms with Gasteiger partial charge < -0.3 is 59.1 Å². The fourth-order valence-corrected chi connectivity index (χ4v) is 14.8. The van der Waals surface area contributed by atoms with E-state index in [-0.39, 0.29) is 126 Å². The quantitative estimate of drug-likeness (QED) is 0.0781. The Kier molecular flexibility index (Phi) is 24.8. The van der Waals surface area contributed by atoms with Gasteiger partial charge in [-0.2, -0.15) is 0 Å². The molecular weight excluding hydrogens is 1400 g/mol. The van der Waals surface area contributed by atoms with Gasteiger partial charge in [-0.3, -0.25) is 0 Å². The summed E-state index contributed by atoms with van der Waals surface area (Å²) < 4.78 is 36.9. The van der Waals surface area contributed by atoms with E-state index in [0.717, 1.165) is 44.5 Å². The van der Waals surface area contributed by atoms with Crippen molar-refractivity contribution in [1.29, 1.82) is 0 Å². The predicted octanol–water partition coefficient (Wildman–Crippen LogP) is 20.2. The van der Waals surface area contributed by atoms with Crippen molar-refractivity contribution in [3.8, 4) is 46.0 Å². The van der Waals surface area contributed by atoms with Crippen molar-refractivity contribution in [3.05, 3.63) is 231 Å². The molecule has 8 aromatic carbocycles. The number of rotatable bonds is 0. The highest BCUT2D eigenvalue weighted by Gasteiger charge is 2.33. The van der Waals surface area contributed by atoms with Crippen molar-refractivity contribution in [2.24, 2.45) is 0 Å². The molecule has 0 aromatic heterocycles. The Hall–Kier alpha value is -8.98. The number of carbonyl (C=O) groups is 2. The van der Waals surface area contributed by atoms with Gasteiger partial charge in [0.15, 0.2) is 13.2 Å². The molecule has 1 heterocycles. The average molecular weight is 1530 g/mol. The molecule has 0 unspecified atom stereocenters. The van der Waals surface area contributed by atoms with E-state index < -0.39 is 68.5 Å². The van der Waals surface area contributed by atoms with E-state index in [4.69, 9.17) is 28.4 Å². The van der Waals surface area contributed by atoms with Gasteiger partial charge in [0.2, 0.25) is 0 Å². The normalized spacial score (nSPS) is 15.6. The van der Waals surface area contributed by atoms with Gasteiger partial charge in [-0.25, -0.2) is 9.59 Å². The van der Waals surface area contributed by atoms with E-state index in [1.54, 1.807) is 0 Å². The number of carbonyl (C=O) groups excluding carboxylic acids is 2. The second kappa shape index (κ2) is 32.5. The van der Waals surface area contributed by atoms with Crippen molar-refractivity contribution >= 4 is 11.9 Å². The summed E-state index contributed by atoms with van der Waals surface area (Å²) in [6.45, 7) is 50.8. The molecule has 14 heteroatoms. The minimum absolute atomic E-state index is 0.0252. The Labute approximate surface area is 667 Å². The molecule has 1 aliphatic carbocycles. The van der Waals surface area contributed by atoms with E-state index in [1.807, 2.05) is 72.8 Å². The second-order valence-corrected chi connectivity index (χ2v) is 39.8. The van der Waals surface area contributed by atoms with Crippen molar-refractivity contribution in [3.63, 3.8) is 0 Å². The number of hydrogen-bond acceptors (Lipinski definition) is 14.